The second-order valence-corrected chi connectivity index (χ2v) is 6.62. The number of nitrogens with zero attached hydrogens (tertiary/aromatic N) is 3. The Morgan fingerprint density at radius 2 is 1.96 bits per heavy atom. The monoisotopic (exact) mass is 385 g/mol. The first kappa shape index (κ1) is 18.9. The number of hydrogen-bond donors (Lipinski definition) is 1. The highest BCUT2D eigenvalue weighted by atomic mass is 35.5. The molecule has 1 N–H and O–H groups in total. The van der Waals surface area contributed by atoms with Crippen molar-refractivity contribution in [3.8, 4) is 11.6 Å². The van der Waals surface area contributed by atoms with Gasteiger partial charge in [0, 0.05) is 17.0 Å². The number of carbonyl (C=O) groups is 1. The molecule has 1 aromatic heterocycles. The zero-order valence-corrected chi connectivity index (χ0v) is 15.9. The van der Waals surface area contributed by atoms with Crippen LogP contribution in [-0.2, 0) is 11.3 Å². The lowest BCUT2D eigenvalue weighted by Gasteiger charge is -2.04. The third-order valence-electron chi connectivity index (χ3n) is 4.05. The summed E-state index contributed by atoms with van der Waals surface area (Å²) >= 11 is 5.81. The highest BCUT2D eigenvalue weighted by Crippen LogP contribution is 2.39. The molecule has 0 atom stereocenters. The van der Waals surface area contributed by atoms with Crippen molar-refractivity contribution >= 4 is 34.1 Å². The Kier molecular flexibility index (Phi) is 5.76. The molecule has 2 aromatic carbocycles. The van der Waals surface area contributed by atoms with Crippen molar-refractivity contribution in [3.63, 3.8) is 0 Å². The number of benzene rings is 2. The maximum Gasteiger partial charge on any atom is 0.302 e. The number of aromatic nitrogens is 1. The first-order valence-corrected chi connectivity index (χ1v) is 9.02. The van der Waals surface area contributed by atoms with Crippen molar-refractivity contribution in [2.75, 3.05) is 6.61 Å². The number of hydrogen-bond acceptors (Lipinski definition) is 4. The fourth-order valence-electron chi connectivity index (χ4n) is 2.80. The molecule has 0 aliphatic heterocycles. The highest BCUT2D eigenvalue weighted by molar-refractivity contribution is 6.30. The quantitative estimate of drug-likeness (QED) is 0.576. The first-order chi connectivity index (χ1) is 13.0. The maximum absolute atomic E-state index is 12.0. The van der Waals surface area contributed by atoms with E-state index in [1.165, 1.54) is 0 Å². The summed E-state index contributed by atoms with van der Waals surface area (Å²) in [5.41, 5.74) is 2.19. The molecule has 0 spiro atoms. The molecule has 3 rings (SSSR count). The summed E-state index contributed by atoms with van der Waals surface area (Å²) in [6, 6.07) is 12.5. The van der Waals surface area contributed by atoms with E-state index in [2.05, 4.69) is 10.2 Å². The third kappa shape index (κ3) is 4.28. The standard InChI is InChI=1S/C20H20ClN3O3/c1-3-10-24-17-9-4-13(2)11-16(17)19(20(24)26)23-22-18(25)12-27-15-7-5-14(21)6-8-15/h4-9,11,26H,3,10,12H2,1-2H3. The Balaban J connectivity index is 1.80. The average Bonchev–Trinajstić information content (AvgIpc) is 2.91. The van der Waals surface area contributed by atoms with Crippen LogP contribution in [0.5, 0.6) is 11.6 Å². The van der Waals surface area contributed by atoms with Crippen LogP contribution in [0.1, 0.15) is 18.9 Å². The summed E-state index contributed by atoms with van der Waals surface area (Å²) in [5.74, 6) is -0.0259. The van der Waals surface area contributed by atoms with Gasteiger partial charge in [-0.25, -0.2) is 0 Å². The average molecular weight is 386 g/mol. The predicted molar refractivity (Wildman–Crippen MR) is 105 cm³/mol. The van der Waals surface area contributed by atoms with Gasteiger partial charge in [0.05, 0.1) is 5.52 Å². The summed E-state index contributed by atoms with van der Waals surface area (Å²) in [4.78, 5) is 12.0. The van der Waals surface area contributed by atoms with Crippen LogP contribution in [-0.4, -0.2) is 22.2 Å². The molecule has 1 amide bonds. The summed E-state index contributed by atoms with van der Waals surface area (Å²) in [7, 11) is 0. The number of halogens is 1. The van der Waals surface area contributed by atoms with E-state index >= 15 is 0 Å². The minimum atomic E-state index is -0.548. The van der Waals surface area contributed by atoms with Crippen LogP contribution in [0, 0.1) is 6.92 Å². The lowest BCUT2D eigenvalue weighted by molar-refractivity contribution is -0.120. The van der Waals surface area contributed by atoms with Gasteiger partial charge in [-0.1, -0.05) is 30.2 Å². The van der Waals surface area contributed by atoms with E-state index in [9.17, 15) is 9.90 Å². The SMILES string of the molecule is CCCn1c(O)c(N=NC(=O)COc2ccc(Cl)cc2)c2cc(C)ccc21. The number of aryl methyl sites for hydroxylation is 2. The zero-order chi connectivity index (χ0) is 19.4. The van der Waals surface area contributed by atoms with Gasteiger partial charge in [0.25, 0.3) is 0 Å². The normalized spacial score (nSPS) is 11.4. The lowest BCUT2D eigenvalue weighted by Crippen LogP contribution is -2.07. The molecule has 27 heavy (non-hydrogen) atoms. The predicted octanol–water partition coefficient (Wildman–Crippen LogP) is 5.41. The van der Waals surface area contributed by atoms with Gasteiger partial charge in [0.15, 0.2) is 12.3 Å². The molecule has 140 valence electrons. The molecule has 0 bridgehead atoms. The van der Waals surface area contributed by atoms with E-state index in [0.29, 0.717) is 23.0 Å². The summed E-state index contributed by atoms with van der Waals surface area (Å²) < 4.78 is 7.14. The van der Waals surface area contributed by atoms with Crippen LogP contribution in [0.2, 0.25) is 5.02 Å². The second kappa shape index (κ2) is 8.22. The zero-order valence-electron chi connectivity index (χ0n) is 15.1. The Morgan fingerprint density at radius 1 is 1.22 bits per heavy atom. The van der Waals surface area contributed by atoms with Crippen LogP contribution in [0.15, 0.2) is 52.7 Å². The van der Waals surface area contributed by atoms with Crippen molar-refractivity contribution in [1.82, 2.24) is 4.57 Å². The number of fused-ring (bicyclic) bond motifs is 1. The number of aromatic hydroxyl groups is 1. The Labute approximate surface area is 162 Å². The van der Waals surface area contributed by atoms with Gasteiger partial charge < -0.3 is 14.4 Å². The van der Waals surface area contributed by atoms with E-state index in [1.54, 1.807) is 28.8 Å². The maximum atomic E-state index is 12.0. The summed E-state index contributed by atoms with van der Waals surface area (Å²) in [6.45, 7) is 4.38. The van der Waals surface area contributed by atoms with Gasteiger partial charge in [-0.15, -0.1) is 10.2 Å². The molecular weight excluding hydrogens is 366 g/mol. The van der Waals surface area contributed by atoms with Crippen molar-refractivity contribution in [2.45, 2.75) is 26.8 Å². The van der Waals surface area contributed by atoms with E-state index in [0.717, 1.165) is 22.9 Å². The molecule has 7 heteroatoms. The van der Waals surface area contributed by atoms with E-state index in [1.807, 2.05) is 32.0 Å². The number of carbonyl (C=O) groups excluding carboxylic acids is 1. The van der Waals surface area contributed by atoms with Gasteiger partial charge in [-0.2, -0.15) is 0 Å². The molecular formula is C20H20ClN3O3. The van der Waals surface area contributed by atoms with Crippen LogP contribution in [0.25, 0.3) is 10.9 Å². The minimum absolute atomic E-state index is 0.00706. The van der Waals surface area contributed by atoms with Crippen molar-refractivity contribution in [3.05, 3.63) is 53.1 Å². The van der Waals surface area contributed by atoms with E-state index in [-0.39, 0.29) is 12.5 Å². The first-order valence-electron chi connectivity index (χ1n) is 8.64. The molecule has 0 aliphatic rings. The van der Waals surface area contributed by atoms with Gasteiger partial charge >= 0.3 is 5.91 Å². The smallest absolute Gasteiger partial charge is 0.302 e. The number of azo groups is 1. The fraction of sp³-hybridized carbons (Fsp3) is 0.250. The summed E-state index contributed by atoms with van der Waals surface area (Å²) in [6.07, 6.45) is 0.857. The number of ether oxygens (including phenoxy) is 1. The molecule has 1 heterocycles. The van der Waals surface area contributed by atoms with Crippen molar-refractivity contribution in [1.29, 1.82) is 0 Å². The largest absolute Gasteiger partial charge is 0.493 e. The number of amides is 1. The molecule has 0 saturated carbocycles. The Bertz CT molecular complexity index is 994. The van der Waals surface area contributed by atoms with Gasteiger partial charge in [-0.05, 0) is 49.7 Å². The minimum Gasteiger partial charge on any atom is -0.493 e. The van der Waals surface area contributed by atoms with Gasteiger partial charge in [-0.3, -0.25) is 4.79 Å². The summed E-state index contributed by atoms with van der Waals surface area (Å²) in [5, 5.41) is 19.6. The molecule has 0 unspecified atom stereocenters. The van der Waals surface area contributed by atoms with E-state index < -0.39 is 5.91 Å². The van der Waals surface area contributed by atoms with Crippen LogP contribution in [0.4, 0.5) is 5.69 Å². The van der Waals surface area contributed by atoms with Crippen LogP contribution < -0.4 is 4.74 Å². The second-order valence-electron chi connectivity index (χ2n) is 6.18. The van der Waals surface area contributed by atoms with Crippen molar-refractivity contribution in [2.24, 2.45) is 10.2 Å². The van der Waals surface area contributed by atoms with Crippen molar-refractivity contribution < 1.29 is 14.6 Å². The van der Waals surface area contributed by atoms with Gasteiger partial charge in [0.1, 0.15) is 5.75 Å². The molecule has 0 radical (unpaired) electrons. The molecule has 6 nitrogen and oxygen atoms in total. The molecule has 0 saturated heterocycles. The molecule has 3 aromatic rings. The fourth-order valence-corrected chi connectivity index (χ4v) is 2.92. The van der Waals surface area contributed by atoms with Crippen LogP contribution >= 0.6 is 11.6 Å². The number of rotatable bonds is 6. The third-order valence-corrected chi connectivity index (χ3v) is 4.30. The highest BCUT2D eigenvalue weighted by Gasteiger charge is 2.16. The Morgan fingerprint density at radius 3 is 2.67 bits per heavy atom. The van der Waals surface area contributed by atoms with Crippen LogP contribution in [0.3, 0.4) is 0 Å². The van der Waals surface area contributed by atoms with Gasteiger partial charge in [0.2, 0.25) is 5.88 Å². The molecule has 0 aliphatic carbocycles. The molecule has 0 fully saturated rings. The lowest BCUT2D eigenvalue weighted by atomic mass is 10.1. The van der Waals surface area contributed by atoms with E-state index in [4.69, 9.17) is 16.3 Å². The topological polar surface area (TPSA) is 76.2 Å². The Hall–Kier alpha value is -2.86.